The van der Waals surface area contributed by atoms with Gasteiger partial charge in [0.05, 0.1) is 11.2 Å². The average Bonchev–Trinajstić information content (AvgIpc) is 3.18. The number of fused-ring (bicyclic) bond motifs is 1. The minimum atomic E-state index is -3.94. The van der Waals surface area contributed by atoms with Gasteiger partial charge >= 0.3 is 10.2 Å². The van der Waals surface area contributed by atoms with Gasteiger partial charge in [0.1, 0.15) is 6.54 Å². The number of nitrogens with zero attached hydrogens (tertiary/aromatic N) is 3. The summed E-state index contributed by atoms with van der Waals surface area (Å²) in [5, 5.41) is 0.999. The van der Waals surface area contributed by atoms with Gasteiger partial charge in [-0.15, -0.1) is 0 Å². The highest BCUT2D eigenvalue weighted by atomic mass is 32.2. The summed E-state index contributed by atoms with van der Waals surface area (Å²) in [6.45, 7) is 0.113. The Hall–Kier alpha value is -3.17. The zero-order valence-electron chi connectivity index (χ0n) is 21.3. The Bertz CT molecular complexity index is 1370. The highest BCUT2D eigenvalue weighted by Crippen LogP contribution is 2.44. The number of hydrogen-bond donors (Lipinski definition) is 1. The summed E-state index contributed by atoms with van der Waals surface area (Å²) in [6, 6.07) is 15.3. The van der Waals surface area contributed by atoms with Crippen molar-refractivity contribution >= 4 is 32.9 Å². The zero-order valence-corrected chi connectivity index (χ0v) is 22.1. The Kier molecular flexibility index (Phi) is 7.51. The molecule has 1 saturated carbocycles. The molecule has 1 heterocycles. The Balaban J connectivity index is 1.95. The quantitative estimate of drug-likeness (QED) is 0.521. The molecule has 4 rings (SSSR count). The van der Waals surface area contributed by atoms with Crippen LogP contribution in [0.4, 0.5) is 0 Å². The Labute approximate surface area is 213 Å². The molecule has 0 bridgehead atoms. The van der Waals surface area contributed by atoms with Crippen molar-refractivity contribution in [3.8, 4) is 11.3 Å². The van der Waals surface area contributed by atoms with Crippen molar-refractivity contribution in [3.63, 3.8) is 0 Å². The lowest BCUT2D eigenvalue weighted by Crippen LogP contribution is -2.39. The van der Waals surface area contributed by atoms with E-state index in [9.17, 15) is 18.0 Å². The van der Waals surface area contributed by atoms with Crippen molar-refractivity contribution in [3.05, 3.63) is 59.7 Å². The summed E-state index contributed by atoms with van der Waals surface area (Å²) >= 11 is 0. The summed E-state index contributed by atoms with van der Waals surface area (Å²) in [7, 11) is 2.24. The van der Waals surface area contributed by atoms with Gasteiger partial charge in [0, 0.05) is 39.1 Å². The largest absolute Gasteiger partial charge is 0.347 e. The molecule has 0 saturated heterocycles. The first-order valence-electron chi connectivity index (χ1n) is 12.3. The zero-order chi connectivity index (χ0) is 26.0. The van der Waals surface area contributed by atoms with Crippen molar-refractivity contribution in [2.75, 3.05) is 28.2 Å². The normalized spacial score (nSPS) is 14.8. The minimum absolute atomic E-state index is 0.0654. The van der Waals surface area contributed by atoms with Gasteiger partial charge in [-0.05, 0) is 42.0 Å². The van der Waals surface area contributed by atoms with Crippen LogP contribution in [0.25, 0.3) is 22.2 Å². The van der Waals surface area contributed by atoms with Crippen molar-refractivity contribution in [1.82, 2.24) is 18.5 Å². The molecule has 1 aromatic heterocycles. The maximum absolute atomic E-state index is 12.9. The molecule has 1 aliphatic rings. The standard InChI is InChI=1S/C27H34N4O4S/c1-29(2)24(32)18-31-23-17-21(27(33)28-36(34,35)30(3)4)15-16-22(23)25(19-11-7-5-8-12-19)26(31)20-13-9-6-10-14-20/h6,9-10,13-17,19H,5,7-8,11-12,18H2,1-4H3,(H,28,33). The highest BCUT2D eigenvalue weighted by Gasteiger charge is 2.28. The summed E-state index contributed by atoms with van der Waals surface area (Å²) < 4.78 is 29.6. The number of nitrogens with one attached hydrogen (secondary N) is 1. The first-order chi connectivity index (χ1) is 17.1. The van der Waals surface area contributed by atoms with Crippen LogP contribution in [-0.2, 0) is 21.5 Å². The minimum Gasteiger partial charge on any atom is -0.347 e. The number of carbonyl (C=O) groups excluding carboxylic acids is 2. The van der Waals surface area contributed by atoms with E-state index in [0.717, 1.165) is 52.1 Å². The van der Waals surface area contributed by atoms with E-state index in [2.05, 4.69) is 16.9 Å². The monoisotopic (exact) mass is 510 g/mol. The van der Waals surface area contributed by atoms with Crippen LogP contribution >= 0.6 is 0 Å². The first kappa shape index (κ1) is 25.9. The van der Waals surface area contributed by atoms with E-state index in [-0.39, 0.29) is 18.0 Å². The number of likely N-dealkylation sites (N-methyl/N-ethyl adjacent to an activating group) is 1. The lowest BCUT2D eigenvalue weighted by molar-refractivity contribution is -0.129. The molecule has 9 heteroatoms. The molecular weight excluding hydrogens is 476 g/mol. The fourth-order valence-electron chi connectivity index (χ4n) is 4.94. The third-order valence-electron chi connectivity index (χ3n) is 6.92. The second-order valence-corrected chi connectivity index (χ2v) is 11.7. The average molecular weight is 511 g/mol. The van der Waals surface area contributed by atoms with Crippen LogP contribution < -0.4 is 4.72 Å². The van der Waals surface area contributed by atoms with Crippen LogP contribution in [0.1, 0.15) is 53.9 Å². The number of carbonyl (C=O) groups is 2. The fraction of sp³-hybridized carbons (Fsp3) is 0.407. The second kappa shape index (κ2) is 10.4. The molecule has 36 heavy (non-hydrogen) atoms. The maximum atomic E-state index is 12.9. The molecule has 2 aromatic carbocycles. The van der Waals surface area contributed by atoms with Crippen molar-refractivity contribution in [1.29, 1.82) is 0 Å². The summed E-state index contributed by atoms with van der Waals surface area (Å²) in [5.41, 5.74) is 4.18. The second-order valence-electron chi connectivity index (χ2n) is 9.79. The molecule has 0 spiro atoms. The summed E-state index contributed by atoms with van der Waals surface area (Å²) in [4.78, 5) is 27.4. The van der Waals surface area contributed by atoms with Gasteiger partial charge in [-0.1, -0.05) is 55.7 Å². The van der Waals surface area contributed by atoms with Gasteiger partial charge in [-0.3, -0.25) is 9.59 Å². The molecule has 0 atom stereocenters. The molecule has 1 aliphatic carbocycles. The van der Waals surface area contributed by atoms with Crippen molar-refractivity contribution in [2.45, 2.75) is 44.6 Å². The Morgan fingerprint density at radius 3 is 2.25 bits per heavy atom. The molecule has 8 nitrogen and oxygen atoms in total. The number of aromatic nitrogens is 1. The Morgan fingerprint density at radius 1 is 0.972 bits per heavy atom. The van der Waals surface area contributed by atoms with Gasteiger partial charge < -0.3 is 9.47 Å². The lowest BCUT2D eigenvalue weighted by Gasteiger charge is -2.24. The molecule has 2 amide bonds. The van der Waals surface area contributed by atoms with Crippen LogP contribution in [0.15, 0.2) is 48.5 Å². The first-order valence-corrected chi connectivity index (χ1v) is 13.7. The van der Waals surface area contributed by atoms with Gasteiger partial charge in [0.2, 0.25) is 5.91 Å². The van der Waals surface area contributed by atoms with E-state index in [4.69, 9.17) is 0 Å². The number of hydrogen-bond acceptors (Lipinski definition) is 4. The van der Waals surface area contributed by atoms with E-state index < -0.39 is 16.1 Å². The summed E-state index contributed by atoms with van der Waals surface area (Å²) in [5.74, 6) is -0.428. The van der Waals surface area contributed by atoms with Crippen molar-refractivity contribution in [2.24, 2.45) is 0 Å². The van der Waals surface area contributed by atoms with E-state index in [1.165, 1.54) is 26.1 Å². The van der Waals surface area contributed by atoms with Crippen LogP contribution in [0.3, 0.4) is 0 Å². The van der Waals surface area contributed by atoms with Crippen LogP contribution in [0.5, 0.6) is 0 Å². The SMILES string of the molecule is CN(C)C(=O)Cn1c(-c2ccccc2)c(C2CCCCC2)c2ccc(C(=O)NS(=O)(=O)N(C)C)cc21. The molecule has 3 aromatic rings. The highest BCUT2D eigenvalue weighted by molar-refractivity contribution is 7.87. The number of benzene rings is 2. The number of rotatable bonds is 7. The predicted molar refractivity (Wildman–Crippen MR) is 142 cm³/mol. The van der Waals surface area contributed by atoms with Crippen LogP contribution in [0.2, 0.25) is 0 Å². The van der Waals surface area contributed by atoms with Gasteiger partial charge in [-0.2, -0.15) is 12.7 Å². The molecule has 0 aliphatic heterocycles. The molecule has 1 fully saturated rings. The van der Waals surface area contributed by atoms with Crippen LogP contribution in [-0.4, -0.2) is 62.2 Å². The third kappa shape index (κ3) is 5.17. The van der Waals surface area contributed by atoms with Gasteiger partial charge in [0.15, 0.2) is 0 Å². The lowest BCUT2D eigenvalue weighted by atomic mass is 9.82. The van der Waals surface area contributed by atoms with Gasteiger partial charge in [-0.25, -0.2) is 4.72 Å². The summed E-state index contributed by atoms with van der Waals surface area (Å²) in [6.07, 6.45) is 5.68. The predicted octanol–water partition coefficient (Wildman–Crippen LogP) is 3.98. The Morgan fingerprint density at radius 2 is 1.64 bits per heavy atom. The smallest absolute Gasteiger partial charge is 0.303 e. The van der Waals surface area contributed by atoms with E-state index in [1.54, 1.807) is 31.1 Å². The third-order valence-corrected chi connectivity index (χ3v) is 8.33. The van der Waals surface area contributed by atoms with Crippen molar-refractivity contribution < 1.29 is 18.0 Å². The molecule has 0 radical (unpaired) electrons. The number of amides is 2. The van der Waals surface area contributed by atoms with E-state index in [1.807, 2.05) is 28.8 Å². The fourth-order valence-corrected chi connectivity index (χ4v) is 5.47. The molecule has 0 unspecified atom stereocenters. The molecule has 192 valence electrons. The van der Waals surface area contributed by atoms with Crippen LogP contribution in [0, 0.1) is 0 Å². The molecule has 1 N–H and O–H groups in total. The van der Waals surface area contributed by atoms with Gasteiger partial charge in [0.25, 0.3) is 5.91 Å². The topological polar surface area (TPSA) is 91.7 Å². The molecular formula is C27H34N4O4S. The van der Waals surface area contributed by atoms with E-state index >= 15 is 0 Å². The van der Waals surface area contributed by atoms with E-state index in [0.29, 0.717) is 5.92 Å². The maximum Gasteiger partial charge on any atom is 0.303 e.